The number of nitrogens with one attached hydrogen (secondary N) is 2. The molecule has 4 N–H and O–H groups in total. The summed E-state index contributed by atoms with van der Waals surface area (Å²) in [6, 6.07) is 21.3. The summed E-state index contributed by atoms with van der Waals surface area (Å²) >= 11 is 1.64. The lowest BCUT2D eigenvalue weighted by Crippen LogP contribution is -2.13. The molecule has 0 aliphatic rings. The molecule has 0 radical (unpaired) electrons. The summed E-state index contributed by atoms with van der Waals surface area (Å²) in [6.07, 6.45) is 3.67. The molecule has 5 rings (SSSR count). The number of carbonyl (C=O) groups excluding carboxylic acids is 1. The summed E-state index contributed by atoms with van der Waals surface area (Å²) in [6.45, 7) is 6.30. The van der Waals surface area contributed by atoms with Crippen molar-refractivity contribution in [2.24, 2.45) is 0 Å². The van der Waals surface area contributed by atoms with Crippen LogP contribution < -0.4 is 16.4 Å². The van der Waals surface area contributed by atoms with Gasteiger partial charge in [-0.3, -0.25) is 4.79 Å². The zero-order valence-electron chi connectivity index (χ0n) is 20.9. The Kier molecular flexibility index (Phi) is 6.74. The number of hydrogen-bond donors (Lipinski definition) is 3. The molecule has 0 bridgehead atoms. The molecule has 0 fully saturated rings. The molecular weight excluding hydrogens is 480 g/mol. The summed E-state index contributed by atoms with van der Waals surface area (Å²) in [5.74, 6) is 1.46. The van der Waals surface area contributed by atoms with Gasteiger partial charge < -0.3 is 20.9 Å². The second kappa shape index (κ2) is 10.3. The fourth-order valence-electron chi connectivity index (χ4n) is 4.28. The molecule has 0 atom stereocenters. The first-order chi connectivity index (χ1) is 17.9. The van der Waals surface area contributed by atoms with Crippen LogP contribution in [0.4, 0.5) is 22.9 Å². The standard InChI is InChI=1S/C29H28N6OS/c1-18(2)35-19(3)32-17-26(35)21-12-13-31-28(16-21)33-23-9-6-20(7-10-23)29(36)34-25-15-22(8-11-24(25)30)27-5-4-14-37-27/h4-18H,30H2,1-3H3,(H,31,33)(H,34,36). The fraction of sp³-hybridized carbons (Fsp3) is 0.138. The van der Waals surface area contributed by atoms with Crippen molar-refractivity contribution in [2.45, 2.75) is 26.8 Å². The summed E-state index contributed by atoms with van der Waals surface area (Å²) in [5, 5.41) is 8.29. The molecule has 3 aromatic heterocycles. The normalized spacial score (nSPS) is 11.0. The molecule has 0 aliphatic carbocycles. The SMILES string of the molecule is Cc1ncc(-c2ccnc(Nc3ccc(C(=O)Nc4cc(-c5cccs5)ccc4N)cc3)c2)n1C(C)C. The number of pyridine rings is 1. The van der Waals surface area contributed by atoms with E-state index in [9.17, 15) is 4.79 Å². The lowest BCUT2D eigenvalue weighted by molar-refractivity contribution is 0.102. The first-order valence-corrected chi connectivity index (χ1v) is 12.9. The minimum atomic E-state index is -0.223. The number of aromatic nitrogens is 3. The van der Waals surface area contributed by atoms with Gasteiger partial charge in [-0.1, -0.05) is 12.1 Å². The summed E-state index contributed by atoms with van der Waals surface area (Å²) in [5.41, 5.74) is 11.7. The van der Waals surface area contributed by atoms with E-state index in [4.69, 9.17) is 5.73 Å². The molecule has 2 aromatic carbocycles. The van der Waals surface area contributed by atoms with Gasteiger partial charge in [-0.15, -0.1) is 11.3 Å². The Morgan fingerprint density at radius 2 is 1.81 bits per heavy atom. The topological polar surface area (TPSA) is 97.9 Å². The maximum atomic E-state index is 12.9. The van der Waals surface area contributed by atoms with Crippen molar-refractivity contribution in [3.05, 3.63) is 95.9 Å². The van der Waals surface area contributed by atoms with E-state index >= 15 is 0 Å². The Bertz CT molecular complexity index is 1540. The van der Waals surface area contributed by atoms with Crippen LogP contribution in [-0.2, 0) is 0 Å². The number of carbonyl (C=O) groups is 1. The van der Waals surface area contributed by atoms with Gasteiger partial charge in [-0.25, -0.2) is 9.97 Å². The predicted molar refractivity (Wildman–Crippen MR) is 152 cm³/mol. The summed E-state index contributed by atoms with van der Waals surface area (Å²) < 4.78 is 2.20. The number of aryl methyl sites for hydroxylation is 1. The number of hydrogen-bond acceptors (Lipinski definition) is 6. The van der Waals surface area contributed by atoms with Crippen molar-refractivity contribution in [3.63, 3.8) is 0 Å². The predicted octanol–water partition coefficient (Wildman–Crippen LogP) is 7.14. The zero-order valence-corrected chi connectivity index (χ0v) is 21.7. The van der Waals surface area contributed by atoms with E-state index in [-0.39, 0.29) is 5.91 Å². The van der Waals surface area contributed by atoms with Crippen molar-refractivity contribution >= 4 is 40.1 Å². The van der Waals surface area contributed by atoms with Crippen molar-refractivity contribution < 1.29 is 4.79 Å². The number of nitrogen functional groups attached to an aromatic ring is 1. The average Bonchev–Trinajstić information content (AvgIpc) is 3.56. The number of nitrogens with zero attached hydrogens (tertiary/aromatic N) is 3. The van der Waals surface area contributed by atoms with Gasteiger partial charge in [0.2, 0.25) is 0 Å². The van der Waals surface area contributed by atoms with E-state index in [1.807, 2.05) is 73.1 Å². The first kappa shape index (κ1) is 24.3. The molecule has 5 aromatic rings. The third-order valence-electron chi connectivity index (χ3n) is 6.08. The smallest absolute Gasteiger partial charge is 0.255 e. The number of imidazole rings is 1. The van der Waals surface area contributed by atoms with E-state index in [1.54, 1.807) is 29.7 Å². The largest absolute Gasteiger partial charge is 0.397 e. The van der Waals surface area contributed by atoms with Gasteiger partial charge >= 0.3 is 0 Å². The molecule has 37 heavy (non-hydrogen) atoms. The second-order valence-corrected chi connectivity index (χ2v) is 9.97. The molecule has 186 valence electrons. The maximum Gasteiger partial charge on any atom is 0.255 e. The van der Waals surface area contributed by atoms with E-state index in [0.717, 1.165) is 33.2 Å². The second-order valence-electron chi connectivity index (χ2n) is 9.02. The Hall–Kier alpha value is -4.43. The van der Waals surface area contributed by atoms with Crippen LogP contribution in [0, 0.1) is 6.92 Å². The lowest BCUT2D eigenvalue weighted by Gasteiger charge is -2.15. The minimum Gasteiger partial charge on any atom is -0.397 e. The van der Waals surface area contributed by atoms with Gasteiger partial charge in [-0.2, -0.15) is 0 Å². The third-order valence-corrected chi connectivity index (χ3v) is 7.00. The van der Waals surface area contributed by atoms with Gasteiger partial charge in [0.25, 0.3) is 5.91 Å². The average molecular weight is 509 g/mol. The van der Waals surface area contributed by atoms with Crippen molar-refractivity contribution in [1.29, 1.82) is 0 Å². The molecule has 0 aliphatic heterocycles. The molecule has 0 saturated heterocycles. The highest BCUT2D eigenvalue weighted by Crippen LogP contribution is 2.31. The number of amides is 1. The molecule has 3 heterocycles. The van der Waals surface area contributed by atoms with Crippen molar-refractivity contribution in [2.75, 3.05) is 16.4 Å². The van der Waals surface area contributed by atoms with E-state index in [0.29, 0.717) is 28.8 Å². The highest BCUT2D eigenvalue weighted by Gasteiger charge is 2.13. The number of thiophene rings is 1. The van der Waals surface area contributed by atoms with Crippen molar-refractivity contribution in [1.82, 2.24) is 14.5 Å². The van der Waals surface area contributed by atoms with Crippen LogP contribution in [0.25, 0.3) is 21.7 Å². The van der Waals surface area contributed by atoms with E-state index in [1.165, 1.54) is 0 Å². The Labute approximate surface area is 220 Å². The number of rotatable bonds is 7. The van der Waals surface area contributed by atoms with Crippen LogP contribution in [0.2, 0.25) is 0 Å². The van der Waals surface area contributed by atoms with Crippen LogP contribution >= 0.6 is 11.3 Å². The lowest BCUT2D eigenvalue weighted by atomic mass is 10.1. The first-order valence-electron chi connectivity index (χ1n) is 12.0. The number of benzene rings is 2. The van der Waals surface area contributed by atoms with Crippen LogP contribution in [0.3, 0.4) is 0 Å². The van der Waals surface area contributed by atoms with Crippen molar-refractivity contribution in [3.8, 4) is 21.7 Å². The molecular formula is C29H28N6OS. The van der Waals surface area contributed by atoms with Gasteiger partial charge in [0.05, 0.1) is 23.3 Å². The van der Waals surface area contributed by atoms with Gasteiger partial charge in [0, 0.05) is 33.9 Å². The number of nitrogens with two attached hydrogens (primary N) is 1. The van der Waals surface area contributed by atoms with Crippen LogP contribution in [0.1, 0.15) is 36.1 Å². The third kappa shape index (κ3) is 5.24. The minimum absolute atomic E-state index is 0.223. The molecule has 1 amide bonds. The summed E-state index contributed by atoms with van der Waals surface area (Å²) in [4.78, 5) is 23.0. The van der Waals surface area contributed by atoms with Crippen LogP contribution in [0.5, 0.6) is 0 Å². The molecule has 8 heteroatoms. The Morgan fingerprint density at radius 3 is 2.54 bits per heavy atom. The zero-order chi connectivity index (χ0) is 25.9. The molecule has 7 nitrogen and oxygen atoms in total. The molecule has 0 unspecified atom stereocenters. The highest BCUT2D eigenvalue weighted by atomic mass is 32.1. The quantitative estimate of drug-likeness (QED) is 0.203. The van der Waals surface area contributed by atoms with Gasteiger partial charge in [-0.05, 0) is 86.3 Å². The Balaban J connectivity index is 1.30. The van der Waals surface area contributed by atoms with E-state index in [2.05, 4.69) is 39.0 Å². The maximum absolute atomic E-state index is 12.9. The van der Waals surface area contributed by atoms with Gasteiger partial charge in [0.1, 0.15) is 11.6 Å². The van der Waals surface area contributed by atoms with E-state index < -0.39 is 0 Å². The highest BCUT2D eigenvalue weighted by molar-refractivity contribution is 7.13. The van der Waals surface area contributed by atoms with Crippen LogP contribution in [0.15, 0.2) is 84.5 Å². The Morgan fingerprint density at radius 1 is 1.00 bits per heavy atom. The summed E-state index contributed by atoms with van der Waals surface area (Å²) in [7, 11) is 0. The van der Waals surface area contributed by atoms with Crippen LogP contribution in [-0.4, -0.2) is 20.4 Å². The van der Waals surface area contributed by atoms with Gasteiger partial charge in [0.15, 0.2) is 0 Å². The molecule has 0 spiro atoms. The molecule has 0 saturated carbocycles. The fourth-order valence-corrected chi connectivity index (χ4v) is 5.01. The monoisotopic (exact) mass is 508 g/mol. The number of anilines is 4.